The average molecular weight is 563 g/mol. The second-order valence-electron chi connectivity index (χ2n) is 11.1. The lowest BCUT2D eigenvalue weighted by Gasteiger charge is -2.32. The van der Waals surface area contributed by atoms with Gasteiger partial charge >= 0.3 is 0 Å². The van der Waals surface area contributed by atoms with Crippen molar-refractivity contribution in [3.63, 3.8) is 0 Å². The van der Waals surface area contributed by atoms with E-state index in [1.807, 2.05) is 61.5 Å². The van der Waals surface area contributed by atoms with Gasteiger partial charge in [-0.2, -0.15) is 0 Å². The summed E-state index contributed by atoms with van der Waals surface area (Å²) in [4.78, 5) is 23.7. The Balaban J connectivity index is 1.01. The number of H-pyrrole nitrogens is 1. The predicted molar refractivity (Wildman–Crippen MR) is 169 cm³/mol. The highest BCUT2D eigenvalue weighted by Gasteiger charge is 2.21. The molecule has 6 rings (SSSR count). The number of aromatic amines is 1. The molecule has 0 saturated carbocycles. The Bertz CT molecular complexity index is 1630. The SMILES string of the molecule is Cc1ccc(C(=O)Nc2cccc(C3CCN(CCCc4cccc5[nH]c(-c6ccc(Cl)cc6)nc45)CC3)c2)cc1. The molecule has 1 aliphatic heterocycles. The number of carbonyl (C=O) groups is 1. The summed E-state index contributed by atoms with van der Waals surface area (Å²) >= 11 is 6.06. The van der Waals surface area contributed by atoms with Crippen molar-refractivity contribution in [2.45, 2.75) is 38.5 Å². The van der Waals surface area contributed by atoms with Gasteiger partial charge < -0.3 is 15.2 Å². The summed E-state index contributed by atoms with van der Waals surface area (Å²) in [5.74, 6) is 1.33. The van der Waals surface area contributed by atoms with Crippen LogP contribution in [0.2, 0.25) is 5.02 Å². The van der Waals surface area contributed by atoms with Crippen LogP contribution in [0.5, 0.6) is 0 Å². The summed E-state index contributed by atoms with van der Waals surface area (Å²) < 4.78 is 0. The van der Waals surface area contributed by atoms with Gasteiger partial charge in [-0.25, -0.2) is 4.98 Å². The van der Waals surface area contributed by atoms with Crippen molar-refractivity contribution < 1.29 is 4.79 Å². The summed E-state index contributed by atoms with van der Waals surface area (Å²) in [7, 11) is 0. The van der Waals surface area contributed by atoms with E-state index in [-0.39, 0.29) is 5.91 Å². The van der Waals surface area contributed by atoms with Crippen LogP contribution in [0.3, 0.4) is 0 Å². The van der Waals surface area contributed by atoms with E-state index in [4.69, 9.17) is 16.6 Å². The van der Waals surface area contributed by atoms with Crippen LogP contribution in [0.25, 0.3) is 22.4 Å². The molecular weight excluding hydrogens is 528 g/mol. The fourth-order valence-electron chi connectivity index (χ4n) is 5.80. The van der Waals surface area contributed by atoms with Crippen LogP contribution in [0.15, 0.2) is 91.0 Å². The number of para-hydroxylation sites is 1. The number of amides is 1. The largest absolute Gasteiger partial charge is 0.338 e. The van der Waals surface area contributed by atoms with Gasteiger partial charge in [0, 0.05) is 21.8 Å². The third kappa shape index (κ3) is 6.53. The normalized spacial score (nSPS) is 14.4. The number of halogens is 1. The maximum absolute atomic E-state index is 12.7. The highest BCUT2D eigenvalue weighted by Crippen LogP contribution is 2.30. The third-order valence-electron chi connectivity index (χ3n) is 8.15. The van der Waals surface area contributed by atoms with Gasteiger partial charge in [-0.1, -0.05) is 53.6 Å². The molecule has 1 saturated heterocycles. The first kappa shape index (κ1) is 27.3. The van der Waals surface area contributed by atoms with Gasteiger partial charge in [-0.05, 0) is 124 Å². The van der Waals surface area contributed by atoms with E-state index in [1.165, 1.54) is 11.1 Å². The van der Waals surface area contributed by atoms with Gasteiger partial charge in [0.15, 0.2) is 0 Å². The lowest BCUT2D eigenvalue weighted by Crippen LogP contribution is -2.33. The van der Waals surface area contributed by atoms with Crippen LogP contribution < -0.4 is 5.32 Å². The number of anilines is 1. The second kappa shape index (κ2) is 12.3. The number of likely N-dealkylation sites (tertiary alicyclic amines) is 1. The molecule has 1 aromatic heterocycles. The quantitative estimate of drug-likeness (QED) is 0.200. The summed E-state index contributed by atoms with van der Waals surface area (Å²) in [5, 5.41) is 3.80. The Morgan fingerprint density at radius 3 is 2.51 bits per heavy atom. The Morgan fingerprint density at radius 2 is 1.73 bits per heavy atom. The van der Waals surface area contributed by atoms with Crippen molar-refractivity contribution in [2.75, 3.05) is 25.0 Å². The molecule has 0 radical (unpaired) electrons. The first-order chi connectivity index (χ1) is 20.0. The molecule has 208 valence electrons. The molecule has 41 heavy (non-hydrogen) atoms. The maximum atomic E-state index is 12.7. The molecule has 4 aromatic carbocycles. The van der Waals surface area contributed by atoms with Gasteiger partial charge in [0.2, 0.25) is 0 Å². The third-order valence-corrected chi connectivity index (χ3v) is 8.40. The lowest BCUT2D eigenvalue weighted by atomic mass is 9.89. The first-order valence-electron chi connectivity index (χ1n) is 14.5. The average Bonchev–Trinajstić information content (AvgIpc) is 3.44. The van der Waals surface area contributed by atoms with Crippen molar-refractivity contribution in [2.24, 2.45) is 0 Å². The van der Waals surface area contributed by atoms with E-state index in [0.717, 1.165) is 84.0 Å². The summed E-state index contributed by atoms with van der Waals surface area (Å²) in [5.41, 5.74) is 8.47. The topological polar surface area (TPSA) is 61.0 Å². The summed E-state index contributed by atoms with van der Waals surface area (Å²) in [6.07, 6.45) is 4.38. The lowest BCUT2D eigenvalue weighted by molar-refractivity contribution is 0.102. The number of carbonyl (C=O) groups excluding carboxylic acids is 1. The van der Waals surface area contributed by atoms with Crippen molar-refractivity contribution in [3.8, 4) is 11.4 Å². The minimum Gasteiger partial charge on any atom is -0.338 e. The molecule has 0 aliphatic carbocycles. The van der Waals surface area contributed by atoms with E-state index in [1.54, 1.807) is 0 Å². The molecule has 0 spiro atoms. The Morgan fingerprint density at radius 1 is 0.976 bits per heavy atom. The number of aryl methyl sites for hydroxylation is 2. The fourth-order valence-corrected chi connectivity index (χ4v) is 5.93. The molecule has 2 N–H and O–H groups in total. The van der Waals surface area contributed by atoms with Crippen molar-refractivity contribution in [3.05, 3.63) is 118 Å². The molecule has 5 nitrogen and oxygen atoms in total. The monoisotopic (exact) mass is 562 g/mol. The molecule has 5 aromatic rings. The van der Waals surface area contributed by atoms with Crippen molar-refractivity contribution in [1.82, 2.24) is 14.9 Å². The molecule has 6 heteroatoms. The van der Waals surface area contributed by atoms with E-state index in [0.29, 0.717) is 11.5 Å². The van der Waals surface area contributed by atoms with Crippen LogP contribution in [0.1, 0.15) is 52.2 Å². The number of piperidine rings is 1. The van der Waals surface area contributed by atoms with Gasteiger partial charge in [-0.15, -0.1) is 0 Å². The number of imidazole rings is 1. The van der Waals surface area contributed by atoms with Crippen LogP contribution >= 0.6 is 11.6 Å². The molecule has 1 aliphatic rings. The molecule has 0 bridgehead atoms. The number of hydrogen-bond donors (Lipinski definition) is 2. The maximum Gasteiger partial charge on any atom is 0.255 e. The minimum atomic E-state index is -0.0660. The van der Waals surface area contributed by atoms with E-state index in [9.17, 15) is 4.79 Å². The molecule has 1 fully saturated rings. The Hall–Kier alpha value is -3.93. The molecule has 0 atom stereocenters. The van der Waals surface area contributed by atoms with Gasteiger partial charge in [-0.3, -0.25) is 4.79 Å². The predicted octanol–water partition coefficient (Wildman–Crippen LogP) is 8.26. The van der Waals surface area contributed by atoms with E-state index >= 15 is 0 Å². The minimum absolute atomic E-state index is 0.0660. The first-order valence-corrected chi connectivity index (χ1v) is 14.8. The summed E-state index contributed by atoms with van der Waals surface area (Å²) in [6.45, 7) is 5.30. The molecular formula is C35H35ClN4O. The van der Waals surface area contributed by atoms with E-state index in [2.05, 4.69) is 51.6 Å². The molecule has 1 amide bonds. The number of fused-ring (bicyclic) bond motifs is 1. The van der Waals surface area contributed by atoms with Crippen LogP contribution in [0, 0.1) is 6.92 Å². The van der Waals surface area contributed by atoms with Gasteiger partial charge in [0.25, 0.3) is 5.91 Å². The fraction of sp³-hybridized carbons (Fsp3) is 0.257. The zero-order chi connectivity index (χ0) is 28.2. The second-order valence-corrected chi connectivity index (χ2v) is 11.5. The highest BCUT2D eigenvalue weighted by atomic mass is 35.5. The van der Waals surface area contributed by atoms with Crippen molar-refractivity contribution >= 4 is 34.2 Å². The Labute approximate surface area is 246 Å². The van der Waals surface area contributed by atoms with Gasteiger partial charge in [0.05, 0.1) is 11.0 Å². The Kier molecular flexibility index (Phi) is 8.17. The number of aromatic nitrogens is 2. The zero-order valence-electron chi connectivity index (χ0n) is 23.4. The number of nitrogens with one attached hydrogen (secondary N) is 2. The summed E-state index contributed by atoms with van der Waals surface area (Å²) in [6, 6.07) is 30.3. The number of nitrogens with zero attached hydrogens (tertiary/aromatic N) is 2. The number of rotatable bonds is 8. The smallest absolute Gasteiger partial charge is 0.255 e. The molecule has 0 unspecified atom stereocenters. The highest BCUT2D eigenvalue weighted by molar-refractivity contribution is 6.30. The van der Waals surface area contributed by atoms with E-state index < -0.39 is 0 Å². The zero-order valence-corrected chi connectivity index (χ0v) is 24.1. The van der Waals surface area contributed by atoms with Crippen LogP contribution in [-0.2, 0) is 6.42 Å². The van der Waals surface area contributed by atoms with Gasteiger partial charge in [0.1, 0.15) is 5.82 Å². The number of hydrogen-bond acceptors (Lipinski definition) is 3. The molecule has 2 heterocycles. The number of benzene rings is 4. The van der Waals surface area contributed by atoms with Crippen LogP contribution in [0.4, 0.5) is 5.69 Å². The van der Waals surface area contributed by atoms with Crippen LogP contribution in [-0.4, -0.2) is 40.4 Å². The van der Waals surface area contributed by atoms with Crippen molar-refractivity contribution in [1.29, 1.82) is 0 Å². The standard InChI is InChI=1S/C35H35ClN4O/c1-24-10-12-28(13-11-24)35(41)37-31-8-2-6-29(23-31)25-18-21-40(22-19-25)20-4-7-26-5-3-9-32-33(26)39-34(38-32)27-14-16-30(36)17-15-27/h2-3,5-6,8-17,23,25H,4,7,18-22H2,1H3,(H,37,41)(H,38,39).